The number of rotatable bonds is 3. The highest BCUT2D eigenvalue weighted by molar-refractivity contribution is 6.02. The summed E-state index contributed by atoms with van der Waals surface area (Å²) in [7, 11) is 0. The van der Waals surface area contributed by atoms with Crippen LogP contribution in [0.15, 0.2) is 42.7 Å². The van der Waals surface area contributed by atoms with Crippen LogP contribution in [-0.4, -0.2) is 16.4 Å². The maximum Gasteiger partial charge on any atom is 0.173 e. The minimum Gasteiger partial charge on any atom is -0.486 e. The Hall–Kier alpha value is -2.67. The summed E-state index contributed by atoms with van der Waals surface area (Å²) in [5.41, 5.74) is 2.25. The van der Waals surface area contributed by atoms with Crippen molar-refractivity contribution < 1.29 is 9.53 Å². The second-order valence-electron chi connectivity index (χ2n) is 6.59. The monoisotopic (exact) mass is 318 g/mol. The molecule has 4 heteroatoms. The highest BCUT2D eigenvalue weighted by atomic mass is 16.5. The molecule has 2 aromatic rings. The highest BCUT2D eigenvalue weighted by Gasteiger charge is 2.52. The van der Waals surface area contributed by atoms with E-state index in [0.29, 0.717) is 24.2 Å². The van der Waals surface area contributed by atoms with Gasteiger partial charge in [-0.15, -0.1) is 0 Å². The number of aromatic nitrogens is 1. The number of pyridine rings is 1. The zero-order valence-electron chi connectivity index (χ0n) is 13.4. The first-order valence-corrected chi connectivity index (χ1v) is 8.38. The number of benzene rings is 1. The average molecular weight is 318 g/mol. The van der Waals surface area contributed by atoms with Crippen molar-refractivity contribution in [1.82, 2.24) is 4.98 Å². The summed E-state index contributed by atoms with van der Waals surface area (Å²) in [5, 5.41) is 8.89. The van der Waals surface area contributed by atoms with Gasteiger partial charge in [0.15, 0.2) is 5.78 Å². The number of carbonyl (C=O) groups is 1. The average Bonchev–Trinajstić information content (AvgIpc) is 2.59. The lowest BCUT2D eigenvalue weighted by atomic mass is 9.65. The Morgan fingerprint density at radius 3 is 2.83 bits per heavy atom. The Balaban J connectivity index is 1.73. The van der Waals surface area contributed by atoms with Crippen LogP contribution in [0.2, 0.25) is 0 Å². The molecule has 2 aliphatic rings. The van der Waals surface area contributed by atoms with Crippen molar-refractivity contribution in [2.75, 3.05) is 0 Å². The van der Waals surface area contributed by atoms with E-state index in [9.17, 15) is 4.79 Å². The smallest absolute Gasteiger partial charge is 0.173 e. The van der Waals surface area contributed by atoms with E-state index >= 15 is 0 Å². The van der Waals surface area contributed by atoms with Gasteiger partial charge < -0.3 is 4.74 Å². The molecule has 0 amide bonds. The van der Waals surface area contributed by atoms with Crippen LogP contribution in [0.1, 0.15) is 42.5 Å². The first-order chi connectivity index (χ1) is 11.7. The largest absolute Gasteiger partial charge is 0.486 e. The third-order valence-corrected chi connectivity index (χ3v) is 5.25. The van der Waals surface area contributed by atoms with Crippen LogP contribution in [0, 0.1) is 17.2 Å². The fraction of sp³-hybridized carbons (Fsp3) is 0.350. The second kappa shape index (κ2) is 5.76. The molecular formula is C20H18N2O2. The van der Waals surface area contributed by atoms with Gasteiger partial charge in [0.1, 0.15) is 11.4 Å². The van der Waals surface area contributed by atoms with Crippen molar-refractivity contribution in [1.29, 1.82) is 5.26 Å². The van der Waals surface area contributed by atoms with E-state index < -0.39 is 5.60 Å². The van der Waals surface area contributed by atoms with Crippen molar-refractivity contribution in [2.45, 2.75) is 37.7 Å². The number of Topliss-reactive ketones (excluding diaryl/α,β-unsaturated/α-hetero) is 1. The number of fused-ring (bicyclic) bond motifs is 1. The fourth-order valence-corrected chi connectivity index (χ4v) is 3.82. The van der Waals surface area contributed by atoms with Crippen LogP contribution in [-0.2, 0) is 0 Å². The molecule has 1 aromatic carbocycles. The third kappa shape index (κ3) is 2.28. The first kappa shape index (κ1) is 14.9. The molecule has 0 bridgehead atoms. The van der Waals surface area contributed by atoms with Gasteiger partial charge in [-0.05, 0) is 49.4 Å². The van der Waals surface area contributed by atoms with E-state index in [4.69, 9.17) is 10.00 Å². The van der Waals surface area contributed by atoms with Gasteiger partial charge in [-0.3, -0.25) is 9.78 Å². The zero-order chi connectivity index (χ0) is 16.6. The lowest BCUT2D eigenvalue weighted by molar-refractivity contribution is -0.0584. The topological polar surface area (TPSA) is 63.0 Å². The standard InChI is InChI=1S/C20H18N2O2/c21-10-1-5-17-19(23)16-7-6-14(15-4-2-11-22-13-15)12-18(16)24-20(17)8-3-9-20/h2,4,6-7,11-13,17H,1,3,5,8-9H2. The van der Waals surface area contributed by atoms with Gasteiger partial charge in [-0.1, -0.05) is 12.1 Å². The van der Waals surface area contributed by atoms with Crippen molar-refractivity contribution in [3.8, 4) is 22.9 Å². The van der Waals surface area contributed by atoms with E-state index in [1.165, 1.54) is 0 Å². The highest BCUT2D eigenvalue weighted by Crippen LogP contribution is 2.50. The quantitative estimate of drug-likeness (QED) is 0.852. The molecule has 1 aliphatic carbocycles. The van der Waals surface area contributed by atoms with Crippen LogP contribution in [0.3, 0.4) is 0 Å². The van der Waals surface area contributed by atoms with Gasteiger partial charge in [0, 0.05) is 24.4 Å². The van der Waals surface area contributed by atoms with Gasteiger partial charge >= 0.3 is 0 Å². The number of ketones is 1. The number of carbonyl (C=O) groups excluding carboxylic acids is 1. The Bertz CT molecular complexity index is 819. The number of hydrogen-bond acceptors (Lipinski definition) is 4. The molecule has 1 unspecified atom stereocenters. The SMILES string of the molecule is N#CCCC1C(=O)c2ccc(-c3cccnc3)cc2OC12CCC2. The van der Waals surface area contributed by atoms with E-state index in [-0.39, 0.29) is 11.7 Å². The molecule has 1 fully saturated rings. The van der Waals surface area contributed by atoms with Crippen molar-refractivity contribution in [3.05, 3.63) is 48.3 Å². The van der Waals surface area contributed by atoms with Gasteiger partial charge in [0.25, 0.3) is 0 Å². The molecule has 4 rings (SSSR count). The number of ether oxygens (including phenoxy) is 1. The van der Waals surface area contributed by atoms with Gasteiger partial charge in [0.05, 0.1) is 17.6 Å². The van der Waals surface area contributed by atoms with Gasteiger partial charge in [-0.25, -0.2) is 0 Å². The molecule has 1 atom stereocenters. The van der Waals surface area contributed by atoms with Crippen LogP contribution in [0.5, 0.6) is 5.75 Å². The normalized spacial score (nSPS) is 20.6. The summed E-state index contributed by atoms with van der Waals surface area (Å²) in [6, 6.07) is 11.8. The van der Waals surface area contributed by atoms with Crippen molar-refractivity contribution in [2.24, 2.45) is 5.92 Å². The number of nitrogens with zero attached hydrogens (tertiary/aromatic N) is 2. The molecule has 0 radical (unpaired) electrons. The predicted octanol–water partition coefficient (Wildman–Crippen LogP) is 4.17. The molecular weight excluding hydrogens is 300 g/mol. The predicted molar refractivity (Wildman–Crippen MR) is 89.6 cm³/mol. The molecule has 24 heavy (non-hydrogen) atoms. The summed E-state index contributed by atoms with van der Waals surface area (Å²) in [6.45, 7) is 0. The Kier molecular flexibility index (Phi) is 3.57. The van der Waals surface area contributed by atoms with E-state index in [1.807, 2.05) is 30.3 Å². The Labute approximate surface area is 141 Å². The molecule has 4 nitrogen and oxygen atoms in total. The Morgan fingerprint density at radius 2 is 2.17 bits per heavy atom. The summed E-state index contributed by atoms with van der Waals surface area (Å²) in [5.74, 6) is 0.612. The van der Waals surface area contributed by atoms with Crippen molar-refractivity contribution >= 4 is 5.78 Å². The lowest BCUT2D eigenvalue weighted by Crippen LogP contribution is -2.55. The fourth-order valence-electron chi connectivity index (χ4n) is 3.82. The number of hydrogen-bond donors (Lipinski definition) is 0. The van der Waals surface area contributed by atoms with E-state index in [2.05, 4.69) is 11.1 Å². The summed E-state index contributed by atoms with van der Waals surface area (Å²) in [6.07, 6.45) is 7.39. The summed E-state index contributed by atoms with van der Waals surface area (Å²) < 4.78 is 6.35. The summed E-state index contributed by atoms with van der Waals surface area (Å²) >= 11 is 0. The van der Waals surface area contributed by atoms with Crippen LogP contribution in [0.25, 0.3) is 11.1 Å². The maximum atomic E-state index is 13.0. The maximum absolute atomic E-state index is 13.0. The summed E-state index contributed by atoms with van der Waals surface area (Å²) in [4.78, 5) is 17.1. The molecule has 1 spiro atoms. The minimum atomic E-state index is -0.394. The van der Waals surface area contributed by atoms with Crippen molar-refractivity contribution in [3.63, 3.8) is 0 Å². The molecule has 2 heterocycles. The lowest BCUT2D eigenvalue weighted by Gasteiger charge is -2.49. The number of nitriles is 1. The van der Waals surface area contributed by atoms with Crippen LogP contribution in [0.4, 0.5) is 0 Å². The second-order valence-corrected chi connectivity index (χ2v) is 6.59. The molecule has 0 saturated heterocycles. The van der Waals surface area contributed by atoms with Crippen LogP contribution >= 0.6 is 0 Å². The molecule has 1 saturated carbocycles. The molecule has 1 aromatic heterocycles. The third-order valence-electron chi connectivity index (χ3n) is 5.25. The zero-order valence-corrected chi connectivity index (χ0v) is 13.4. The van der Waals surface area contributed by atoms with E-state index in [0.717, 1.165) is 30.4 Å². The molecule has 1 aliphatic heterocycles. The Morgan fingerprint density at radius 1 is 1.29 bits per heavy atom. The minimum absolute atomic E-state index is 0.129. The van der Waals surface area contributed by atoms with Gasteiger partial charge in [0.2, 0.25) is 0 Å². The van der Waals surface area contributed by atoms with Crippen LogP contribution < -0.4 is 4.74 Å². The van der Waals surface area contributed by atoms with E-state index in [1.54, 1.807) is 12.4 Å². The molecule has 0 N–H and O–H groups in total. The van der Waals surface area contributed by atoms with Gasteiger partial charge in [-0.2, -0.15) is 5.26 Å². The molecule has 120 valence electrons. The first-order valence-electron chi connectivity index (χ1n) is 8.38.